The maximum atomic E-state index is 4.05. The van der Waals surface area contributed by atoms with Crippen molar-refractivity contribution in [1.29, 1.82) is 0 Å². The van der Waals surface area contributed by atoms with Gasteiger partial charge in [-0.2, -0.15) is 12.1 Å². The minimum atomic E-state index is 0. The first-order chi connectivity index (χ1) is 16.6. The van der Waals surface area contributed by atoms with Crippen LogP contribution < -0.4 is 24.8 Å². The molecule has 2 aromatic carbocycles. The molecule has 0 amide bonds. The van der Waals surface area contributed by atoms with Gasteiger partial charge in [0.1, 0.15) is 0 Å². The maximum absolute atomic E-state index is 4.05. The van der Waals surface area contributed by atoms with Crippen LogP contribution in [0.2, 0.25) is 13.1 Å². The Bertz CT molecular complexity index is 993. The van der Waals surface area contributed by atoms with Crippen molar-refractivity contribution in [3.05, 3.63) is 96.6 Å². The Labute approximate surface area is 246 Å². The van der Waals surface area contributed by atoms with E-state index >= 15 is 0 Å². The normalized spacial score (nSPS) is 9.50. The minimum absolute atomic E-state index is 0. The molecule has 0 bridgehead atoms. The van der Waals surface area contributed by atoms with Crippen molar-refractivity contribution in [2.45, 2.75) is 65.5 Å². The Balaban J connectivity index is 0.000000566. The molecule has 0 aliphatic rings. The second kappa shape index (κ2) is 20.7. The monoisotopic (exact) mass is 614 g/mol. The van der Waals surface area contributed by atoms with Gasteiger partial charge in [-0.15, -0.1) is 70.8 Å². The van der Waals surface area contributed by atoms with Crippen LogP contribution in [0.1, 0.15) is 50.7 Å². The van der Waals surface area contributed by atoms with Crippen molar-refractivity contribution in [2.24, 2.45) is 0 Å². The summed E-state index contributed by atoms with van der Waals surface area (Å²) in [6.45, 7) is 9.08. The summed E-state index contributed by atoms with van der Waals surface area (Å²) in [7, 11) is 0. The van der Waals surface area contributed by atoms with Crippen molar-refractivity contribution < 1.29 is 48.1 Å². The number of halogens is 2. The van der Waals surface area contributed by atoms with E-state index in [-0.39, 0.29) is 30.2 Å². The zero-order valence-corrected chi connectivity index (χ0v) is 26.9. The molecule has 0 saturated heterocycles. The molecule has 0 aliphatic heterocycles. The van der Waals surface area contributed by atoms with Gasteiger partial charge in [-0.05, 0) is 37.6 Å². The Hall–Kier alpha value is -1.32. The van der Waals surface area contributed by atoms with Crippen LogP contribution >= 0.6 is 0 Å². The molecule has 0 saturated carbocycles. The summed E-state index contributed by atoms with van der Waals surface area (Å²) < 4.78 is 0. The van der Waals surface area contributed by atoms with Gasteiger partial charge in [0, 0.05) is 0 Å². The largest absolute Gasteiger partial charge is 1.00 e. The predicted molar refractivity (Wildman–Crippen MR) is 145 cm³/mol. The van der Waals surface area contributed by atoms with E-state index < -0.39 is 0 Å². The van der Waals surface area contributed by atoms with Gasteiger partial charge in [0.25, 0.3) is 0 Å². The van der Waals surface area contributed by atoms with Crippen LogP contribution in [0.15, 0.2) is 85.5 Å². The summed E-state index contributed by atoms with van der Waals surface area (Å²) in [4.78, 5) is 8.09. The number of hydrogen-bond acceptors (Lipinski definition) is 2. The molecule has 0 N–H and O–H groups in total. The van der Waals surface area contributed by atoms with E-state index in [9.17, 15) is 0 Å². The van der Waals surface area contributed by atoms with Crippen LogP contribution in [0.3, 0.4) is 0 Å². The molecular weight excluding hydrogens is 579 g/mol. The summed E-state index contributed by atoms with van der Waals surface area (Å²) in [6, 6.07) is 21.4. The van der Waals surface area contributed by atoms with Crippen molar-refractivity contribution in [1.82, 2.24) is 9.97 Å². The van der Waals surface area contributed by atoms with Crippen molar-refractivity contribution in [3.8, 4) is 22.3 Å². The molecule has 192 valence electrons. The van der Waals surface area contributed by atoms with Crippen LogP contribution in [0.4, 0.5) is 0 Å². The number of aromatic nitrogens is 2. The summed E-state index contributed by atoms with van der Waals surface area (Å²) in [5.41, 5.74) is 8.42. The Morgan fingerprint density at radius 2 is 1.00 bits per heavy atom. The van der Waals surface area contributed by atoms with E-state index in [1.807, 2.05) is 24.8 Å². The molecule has 6 heteroatoms. The molecule has 0 radical (unpaired) electrons. The Morgan fingerprint density at radius 3 is 1.31 bits per heavy atom. The van der Waals surface area contributed by atoms with Gasteiger partial charge in [-0.3, -0.25) is 9.97 Å². The first kappa shape index (κ1) is 34.7. The Morgan fingerprint density at radius 1 is 0.667 bits per heavy atom. The fourth-order valence-electron chi connectivity index (χ4n) is 3.71. The van der Waals surface area contributed by atoms with E-state index in [2.05, 4.69) is 97.6 Å². The van der Waals surface area contributed by atoms with Gasteiger partial charge in [-0.1, -0.05) is 50.7 Å². The van der Waals surface area contributed by atoms with Gasteiger partial charge in [-0.25, -0.2) is 0 Å². The van der Waals surface area contributed by atoms with Crippen molar-refractivity contribution in [3.63, 3.8) is 0 Å². The molecule has 4 aromatic rings. The van der Waals surface area contributed by atoms with Gasteiger partial charge in [0.15, 0.2) is 0 Å². The van der Waals surface area contributed by atoms with Crippen molar-refractivity contribution >= 4 is 5.43 Å². The first-order valence-electron chi connectivity index (χ1n) is 12.4. The maximum Gasteiger partial charge on any atom is -1.00 e. The molecule has 0 atom stereocenters. The number of rotatable bonds is 8. The zero-order valence-electron chi connectivity index (χ0n) is 22.0. The summed E-state index contributed by atoms with van der Waals surface area (Å²) >= 11 is 1.74. The molecule has 0 unspecified atom stereocenters. The van der Waals surface area contributed by atoms with Crippen LogP contribution in [-0.2, 0) is 36.2 Å². The predicted octanol–water partition coefficient (Wildman–Crippen LogP) is 2.41. The smallest absolute Gasteiger partial charge is 1.00 e. The summed E-state index contributed by atoms with van der Waals surface area (Å²) in [5, 5.41) is 0. The molecule has 0 aliphatic carbocycles. The molecule has 36 heavy (non-hydrogen) atoms. The molecule has 2 heterocycles. The SMILES string of the molecule is CCCCc1ccc[c-]1-c1ccncc1.CCCCc1ccc[c-]1-c1ccncc1.C[Si](C)=[Zr+2].[Cl-].[Cl-]. The van der Waals surface area contributed by atoms with Crippen LogP contribution in [0.25, 0.3) is 22.3 Å². The van der Waals surface area contributed by atoms with E-state index in [1.165, 1.54) is 71.9 Å². The molecule has 0 fully saturated rings. The van der Waals surface area contributed by atoms with Crippen molar-refractivity contribution in [2.75, 3.05) is 0 Å². The van der Waals surface area contributed by atoms with Gasteiger partial charge in [0.05, 0.1) is 0 Å². The van der Waals surface area contributed by atoms with E-state index in [4.69, 9.17) is 0 Å². The third-order valence-electron chi connectivity index (χ3n) is 5.39. The van der Waals surface area contributed by atoms with Crippen LogP contribution in [0, 0.1) is 0 Å². The molecule has 4 rings (SSSR count). The fraction of sp³-hybridized carbons (Fsp3) is 0.333. The van der Waals surface area contributed by atoms with Gasteiger partial charge < -0.3 is 24.8 Å². The number of aryl methyl sites for hydroxylation is 2. The van der Waals surface area contributed by atoms with Crippen LogP contribution in [0.5, 0.6) is 0 Å². The number of unbranched alkanes of at least 4 members (excludes halogenated alkanes) is 2. The fourth-order valence-corrected chi connectivity index (χ4v) is 3.71. The average Bonchev–Trinajstić information content (AvgIpc) is 3.52. The van der Waals surface area contributed by atoms with E-state index in [1.54, 1.807) is 23.3 Å². The topological polar surface area (TPSA) is 25.8 Å². The number of nitrogens with zero attached hydrogens (tertiary/aromatic N) is 2. The van der Waals surface area contributed by atoms with Crippen LogP contribution in [-0.4, -0.2) is 15.4 Å². The quantitative estimate of drug-likeness (QED) is 0.225. The third-order valence-corrected chi connectivity index (χ3v) is 5.39. The zero-order chi connectivity index (χ0) is 24.6. The summed E-state index contributed by atoms with van der Waals surface area (Å²) in [6.07, 6.45) is 14.8. The second-order valence-corrected chi connectivity index (χ2v) is 18.0. The first-order valence-corrected chi connectivity index (χ1v) is 18.6. The minimum Gasteiger partial charge on any atom is -1.00 e. The third kappa shape index (κ3) is 12.8. The van der Waals surface area contributed by atoms with E-state index in [0.717, 1.165) is 0 Å². The molecule has 2 nitrogen and oxygen atoms in total. The molecule has 2 aromatic heterocycles. The standard InChI is InChI=1S/2C14H16N.C2H6Si.2ClH.Zr/c2*1-2-3-5-12-6-4-7-14(12)13-8-10-15-11-9-13;1-3-2;;;/h2*4,6-11H,2-3,5H2,1H3;1-2H3;2*1H;/q2*-1;;;;+2/p-2. The second-order valence-electron chi connectivity index (χ2n) is 8.61. The average molecular weight is 617 g/mol. The number of pyridine rings is 2. The number of hydrogen-bond donors (Lipinski definition) is 0. The van der Waals surface area contributed by atoms with Gasteiger partial charge in [0.2, 0.25) is 0 Å². The Kier molecular flexibility index (Phi) is 19.9. The molecular formula is C30H38Cl2N2SiZr-2. The van der Waals surface area contributed by atoms with E-state index in [0.29, 0.717) is 0 Å². The molecule has 0 spiro atoms. The van der Waals surface area contributed by atoms with Gasteiger partial charge >= 0.3 is 41.9 Å². The summed E-state index contributed by atoms with van der Waals surface area (Å²) in [5.74, 6) is 0.